The van der Waals surface area contributed by atoms with Crippen molar-refractivity contribution in [3.63, 3.8) is 0 Å². The van der Waals surface area contributed by atoms with E-state index in [0.717, 1.165) is 41.1 Å². The molecule has 1 saturated carbocycles. The Morgan fingerprint density at radius 3 is 2.43 bits per heavy atom. The van der Waals surface area contributed by atoms with Gasteiger partial charge < -0.3 is 15.1 Å². The molecule has 162 valence electrons. The molecule has 6 heteroatoms. The third-order valence-electron chi connectivity index (χ3n) is 6.09. The Balaban J connectivity index is 1.90. The molecule has 1 atom stereocenters. The van der Waals surface area contributed by atoms with Crippen molar-refractivity contribution in [2.45, 2.75) is 52.6 Å². The lowest BCUT2D eigenvalue weighted by Gasteiger charge is -2.33. The lowest BCUT2D eigenvalue weighted by molar-refractivity contribution is -0.122. The van der Waals surface area contributed by atoms with Crippen molar-refractivity contribution in [3.8, 4) is 0 Å². The summed E-state index contributed by atoms with van der Waals surface area (Å²) in [4.78, 5) is 30.5. The summed E-state index contributed by atoms with van der Waals surface area (Å²) in [6, 6.07) is 9.88. The van der Waals surface area contributed by atoms with Gasteiger partial charge in [-0.25, -0.2) is 0 Å². The zero-order chi connectivity index (χ0) is 21.8. The van der Waals surface area contributed by atoms with Crippen molar-refractivity contribution < 1.29 is 9.59 Å². The predicted molar refractivity (Wildman–Crippen MR) is 125 cm³/mol. The lowest BCUT2D eigenvalue weighted by atomic mass is 9.85. The molecule has 0 radical (unpaired) electrons. The first-order valence-electron chi connectivity index (χ1n) is 10.7. The predicted octanol–water partition coefficient (Wildman–Crippen LogP) is 5.24. The van der Waals surface area contributed by atoms with Crippen LogP contribution in [-0.4, -0.2) is 36.9 Å². The van der Waals surface area contributed by atoms with Crippen molar-refractivity contribution in [2.75, 3.05) is 24.3 Å². The normalized spacial score (nSPS) is 14.9. The monoisotopic (exact) mass is 427 g/mol. The van der Waals surface area contributed by atoms with Crippen LogP contribution in [-0.2, 0) is 11.3 Å². The SMILES string of the molecule is CC(C)C(C)N(Cc1cc(NC(=O)C2CCC2)ccc1N(C)C)C(=O)c1cccs1. The molecule has 30 heavy (non-hydrogen) atoms. The van der Waals surface area contributed by atoms with Gasteiger partial charge in [0.1, 0.15) is 0 Å². The Morgan fingerprint density at radius 2 is 1.90 bits per heavy atom. The average molecular weight is 428 g/mol. The van der Waals surface area contributed by atoms with Crippen molar-refractivity contribution in [3.05, 3.63) is 46.2 Å². The topological polar surface area (TPSA) is 52.7 Å². The third kappa shape index (κ3) is 5.04. The summed E-state index contributed by atoms with van der Waals surface area (Å²) in [5.41, 5.74) is 2.88. The molecule has 1 aromatic carbocycles. The number of hydrogen-bond acceptors (Lipinski definition) is 4. The molecule has 5 nitrogen and oxygen atoms in total. The minimum atomic E-state index is 0.0554. The number of nitrogens with zero attached hydrogens (tertiary/aromatic N) is 2. The maximum absolute atomic E-state index is 13.3. The van der Waals surface area contributed by atoms with Crippen LogP contribution < -0.4 is 10.2 Å². The van der Waals surface area contributed by atoms with E-state index in [-0.39, 0.29) is 23.8 Å². The number of rotatable bonds is 8. The van der Waals surface area contributed by atoms with Crippen LogP contribution in [0, 0.1) is 11.8 Å². The number of carbonyl (C=O) groups excluding carboxylic acids is 2. The number of carbonyl (C=O) groups is 2. The average Bonchev–Trinajstić information content (AvgIpc) is 3.18. The van der Waals surface area contributed by atoms with Crippen LogP contribution in [0.1, 0.15) is 55.3 Å². The van der Waals surface area contributed by atoms with Crippen LogP contribution in [0.4, 0.5) is 11.4 Å². The first-order valence-corrected chi connectivity index (χ1v) is 11.6. The van der Waals surface area contributed by atoms with Crippen LogP contribution in [0.15, 0.2) is 35.7 Å². The van der Waals surface area contributed by atoms with E-state index in [1.54, 1.807) is 0 Å². The summed E-state index contributed by atoms with van der Waals surface area (Å²) in [6.45, 7) is 6.88. The van der Waals surface area contributed by atoms with E-state index in [2.05, 4.69) is 31.0 Å². The van der Waals surface area contributed by atoms with Gasteiger partial charge in [-0.05, 0) is 60.9 Å². The van der Waals surface area contributed by atoms with Crippen molar-refractivity contribution in [1.82, 2.24) is 4.90 Å². The quantitative estimate of drug-likeness (QED) is 0.627. The van der Waals surface area contributed by atoms with Gasteiger partial charge >= 0.3 is 0 Å². The molecule has 0 aliphatic heterocycles. The second kappa shape index (κ2) is 9.65. The first kappa shape index (κ1) is 22.3. The minimum absolute atomic E-state index is 0.0554. The Morgan fingerprint density at radius 1 is 1.17 bits per heavy atom. The maximum Gasteiger partial charge on any atom is 0.264 e. The largest absolute Gasteiger partial charge is 0.377 e. The molecule has 1 aliphatic rings. The fraction of sp³-hybridized carbons (Fsp3) is 0.500. The molecule has 1 aromatic heterocycles. The zero-order valence-electron chi connectivity index (χ0n) is 18.6. The Labute approximate surface area is 184 Å². The molecule has 2 aromatic rings. The highest BCUT2D eigenvalue weighted by Gasteiger charge is 2.27. The van der Waals surface area contributed by atoms with Gasteiger partial charge in [-0.3, -0.25) is 9.59 Å². The van der Waals surface area contributed by atoms with E-state index >= 15 is 0 Å². The van der Waals surface area contributed by atoms with Crippen molar-refractivity contribution in [2.24, 2.45) is 11.8 Å². The third-order valence-corrected chi connectivity index (χ3v) is 6.95. The Bertz CT molecular complexity index is 873. The van der Waals surface area contributed by atoms with Gasteiger partial charge in [-0.2, -0.15) is 0 Å². The second-order valence-corrected chi connectivity index (χ2v) is 9.70. The highest BCUT2D eigenvalue weighted by molar-refractivity contribution is 7.12. The Hall–Kier alpha value is -2.34. The van der Waals surface area contributed by atoms with Crippen LogP contribution in [0.3, 0.4) is 0 Å². The summed E-state index contributed by atoms with van der Waals surface area (Å²) in [7, 11) is 4.01. The molecule has 0 saturated heterocycles. The van der Waals surface area contributed by atoms with Crippen molar-refractivity contribution in [1.29, 1.82) is 0 Å². The molecule has 1 fully saturated rings. The van der Waals surface area contributed by atoms with Gasteiger partial charge in [-0.1, -0.05) is 26.3 Å². The molecule has 3 rings (SSSR count). The van der Waals surface area contributed by atoms with Crippen LogP contribution in [0.5, 0.6) is 0 Å². The molecule has 1 heterocycles. The van der Waals surface area contributed by atoms with E-state index in [4.69, 9.17) is 0 Å². The fourth-order valence-corrected chi connectivity index (χ4v) is 4.31. The molecule has 2 amide bonds. The molecule has 1 aliphatic carbocycles. The standard InChI is InChI=1S/C24H33N3O2S/c1-16(2)17(3)27(24(29)22-10-7-13-30-22)15-19-14-20(11-12-21(19)26(4)5)25-23(28)18-8-6-9-18/h7,10-14,16-18H,6,8-9,15H2,1-5H3,(H,25,28). The van der Waals surface area contributed by atoms with E-state index in [0.29, 0.717) is 12.5 Å². The molecule has 1 N–H and O–H groups in total. The number of nitrogens with one attached hydrogen (secondary N) is 1. The lowest BCUT2D eigenvalue weighted by Crippen LogP contribution is -2.41. The van der Waals surface area contributed by atoms with E-state index in [9.17, 15) is 9.59 Å². The van der Waals surface area contributed by atoms with Crippen LogP contribution in [0.2, 0.25) is 0 Å². The van der Waals surface area contributed by atoms with E-state index < -0.39 is 0 Å². The summed E-state index contributed by atoms with van der Waals surface area (Å²) < 4.78 is 0. The number of thiophene rings is 1. The van der Waals surface area contributed by atoms with E-state index in [1.165, 1.54) is 11.3 Å². The van der Waals surface area contributed by atoms with E-state index in [1.807, 2.05) is 54.7 Å². The smallest absolute Gasteiger partial charge is 0.264 e. The van der Waals surface area contributed by atoms with Crippen LogP contribution >= 0.6 is 11.3 Å². The minimum Gasteiger partial charge on any atom is -0.377 e. The van der Waals surface area contributed by atoms with Gasteiger partial charge in [0.15, 0.2) is 0 Å². The molecule has 1 unspecified atom stereocenters. The zero-order valence-corrected chi connectivity index (χ0v) is 19.5. The molecular weight excluding hydrogens is 394 g/mol. The fourth-order valence-electron chi connectivity index (χ4n) is 3.63. The van der Waals surface area contributed by atoms with Gasteiger partial charge in [-0.15, -0.1) is 11.3 Å². The maximum atomic E-state index is 13.3. The van der Waals surface area contributed by atoms with Crippen LogP contribution in [0.25, 0.3) is 0 Å². The summed E-state index contributed by atoms with van der Waals surface area (Å²) in [5, 5.41) is 5.01. The number of anilines is 2. The summed E-state index contributed by atoms with van der Waals surface area (Å²) >= 11 is 1.47. The van der Waals surface area contributed by atoms with Gasteiger partial charge in [0.25, 0.3) is 5.91 Å². The second-order valence-electron chi connectivity index (χ2n) is 8.75. The summed E-state index contributed by atoms with van der Waals surface area (Å²) in [5.74, 6) is 0.629. The highest BCUT2D eigenvalue weighted by Crippen LogP contribution is 2.30. The van der Waals surface area contributed by atoms with Gasteiger partial charge in [0.05, 0.1) is 4.88 Å². The molecule has 0 bridgehead atoms. The first-order chi connectivity index (χ1) is 14.3. The van der Waals surface area contributed by atoms with Gasteiger partial charge in [0, 0.05) is 44.0 Å². The Kier molecular flexibility index (Phi) is 7.19. The molecular formula is C24H33N3O2S. The number of hydrogen-bond donors (Lipinski definition) is 1. The highest BCUT2D eigenvalue weighted by atomic mass is 32.1. The number of amides is 2. The number of benzene rings is 1. The molecule has 0 spiro atoms. The summed E-state index contributed by atoms with van der Waals surface area (Å²) in [6.07, 6.45) is 3.09. The van der Waals surface area contributed by atoms with Gasteiger partial charge in [0.2, 0.25) is 5.91 Å². The van der Waals surface area contributed by atoms with Crippen molar-refractivity contribution >= 4 is 34.5 Å².